The Hall–Kier alpha value is -3.78. The third-order valence-corrected chi connectivity index (χ3v) is 9.96. The monoisotopic (exact) mass is 766 g/mol. The minimum atomic E-state index is -0.891. The molecule has 1 aliphatic rings. The molecule has 0 radical (unpaired) electrons. The number of nitrogens with zero attached hydrogens (tertiary/aromatic N) is 4. The fraction of sp³-hybridized carbons (Fsp3) is 0.156. The van der Waals surface area contributed by atoms with Crippen LogP contribution in [0.5, 0.6) is 5.75 Å². The SMILES string of the molecule is CCOC(=O)C1=C(c2ccccc2)N=c2s/c(=C\c3cc(Br)c(Sc4nccc(C)n4)o3)c(=O)n2[C@@H]1c1cc(Br)ccc1OC. The number of methoxy groups -OCH3 is 1. The number of ether oxygens (including phenoxy) is 2. The fourth-order valence-electron chi connectivity index (χ4n) is 4.85. The van der Waals surface area contributed by atoms with Gasteiger partial charge in [-0.25, -0.2) is 19.8 Å². The zero-order valence-electron chi connectivity index (χ0n) is 24.1. The molecule has 0 N–H and O–H groups in total. The quantitative estimate of drug-likeness (QED) is 0.134. The molecule has 9 nitrogen and oxygen atoms in total. The van der Waals surface area contributed by atoms with Crippen molar-refractivity contribution in [3.8, 4) is 5.75 Å². The lowest BCUT2D eigenvalue weighted by Gasteiger charge is -2.27. The van der Waals surface area contributed by atoms with Crippen LogP contribution in [0.25, 0.3) is 11.8 Å². The number of carbonyl (C=O) groups is 1. The fourth-order valence-corrected chi connectivity index (χ4v) is 7.52. The lowest BCUT2D eigenvalue weighted by molar-refractivity contribution is -0.138. The van der Waals surface area contributed by atoms with Crippen LogP contribution in [0.4, 0.5) is 0 Å². The molecule has 3 aromatic heterocycles. The van der Waals surface area contributed by atoms with Crippen LogP contribution < -0.4 is 19.6 Å². The van der Waals surface area contributed by atoms with Crippen molar-refractivity contribution in [1.29, 1.82) is 0 Å². The molecule has 0 spiro atoms. The maximum Gasteiger partial charge on any atom is 0.338 e. The number of rotatable bonds is 8. The molecule has 13 heteroatoms. The van der Waals surface area contributed by atoms with Crippen molar-refractivity contribution >= 4 is 72.7 Å². The number of aromatic nitrogens is 3. The van der Waals surface area contributed by atoms with Crippen molar-refractivity contribution in [3.63, 3.8) is 0 Å². The van der Waals surface area contributed by atoms with E-state index in [0.717, 1.165) is 10.2 Å². The summed E-state index contributed by atoms with van der Waals surface area (Å²) in [6.45, 7) is 3.78. The van der Waals surface area contributed by atoms with E-state index in [2.05, 4.69) is 41.8 Å². The van der Waals surface area contributed by atoms with Crippen molar-refractivity contribution in [1.82, 2.24) is 14.5 Å². The zero-order chi connectivity index (χ0) is 31.7. The summed E-state index contributed by atoms with van der Waals surface area (Å²) < 4.78 is 20.7. The van der Waals surface area contributed by atoms with Crippen molar-refractivity contribution in [2.75, 3.05) is 13.7 Å². The largest absolute Gasteiger partial charge is 0.496 e. The number of hydrogen-bond acceptors (Lipinski definition) is 10. The van der Waals surface area contributed by atoms with E-state index in [1.807, 2.05) is 55.5 Å². The Morgan fingerprint density at radius 3 is 2.69 bits per heavy atom. The predicted octanol–water partition coefficient (Wildman–Crippen LogP) is 6.31. The van der Waals surface area contributed by atoms with Crippen LogP contribution in [-0.4, -0.2) is 34.2 Å². The third-order valence-electron chi connectivity index (χ3n) is 6.76. The standard InChI is InChI=1S/C32H24Br2N4O5S2/c1-4-42-29(40)25-26(18-8-6-5-7-9-18)37-32-38(27(25)21-14-19(33)10-11-23(21)41-3)28(39)24(44-32)16-20-15-22(34)30(43-20)45-31-35-13-12-17(2)36-31/h5-16,27H,4H2,1-3H3/b24-16-/t27-/m1/s1. The number of furan rings is 1. The Kier molecular flexibility index (Phi) is 9.22. The smallest absolute Gasteiger partial charge is 0.338 e. The summed E-state index contributed by atoms with van der Waals surface area (Å²) in [5, 5.41) is 1.09. The topological polar surface area (TPSA) is 109 Å². The molecule has 5 aromatic rings. The summed E-state index contributed by atoms with van der Waals surface area (Å²) >= 11 is 9.58. The summed E-state index contributed by atoms with van der Waals surface area (Å²) in [6.07, 6.45) is 3.36. The molecule has 0 saturated heterocycles. The predicted molar refractivity (Wildman–Crippen MR) is 179 cm³/mol. The van der Waals surface area contributed by atoms with Crippen LogP contribution >= 0.6 is 55.0 Å². The summed E-state index contributed by atoms with van der Waals surface area (Å²) in [5.74, 6) is 0.382. The number of thiazole rings is 1. The van der Waals surface area contributed by atoms with Crippen LogP contribution in [-0.2, 0) is 9.53 Å². The van der Waals surface area contributed by atoms with Crippen molar-refractivity contribution in [2.24, 2.45) is 4.99 Å². The molecule has 1 atom stereocenters. The maximum absolute atomic E-state index is 14.3. The number of benzene rings is 2. The molecule has 0 amide bonds. The summed E-state index contributed by atoms with van der Waals surface area (Å²) in [6, 6.07) is 17.6. The van der Waals surface area contributed by atoms with Gasteiger partial charge in [0.15, 0.2) is 15.1 Å². The minimum absolute atomic E-state index is 0.151. The maximum atomic E-state index is 14.3. The van der Waals surface area contributed by atoms with Crippen molar-refractivity contribution in [2.45, 2.75) is 30.1 Å². The van der Waals surface area contributed by atoms with E-state index < -0.39 is 12.0 Å². The van der Waals surface area contributed by atoms with Crippen molar-refractivity contribution < 1.29 is 18.7 Å². The van der Waals surface area contributed by atoms with Gasteiger partial charge in [-0.3, -0.25) is 9.36 Å². The molecule has 4 heterocycles. The highest BCUT2D eigenvalue weighted by atomic mass is 79.9. The second-order valence-electron chi connectivity index (χ2n) is 9.68. The molecular weight excluding hydrogens is 744 g/mol. The van der Waals surface area contributed by atoms with Gasteiger partial charge in [0, 0.05) is 33.6 Å². The van der Waals surface area contributed by atoms with Crippen molar-refractivity contribution in [3.05, 3.63) is 124 Å². The van der Waals surface area contributed by atoms with Crippen LogP contribution in [0.1, 0.15) is 35.5 Å². The molecule has 45 heavy (non-hydrogen) atoms. The highest BCUT2D eigenvalue weighted by Gasteiger charge is 2.37. The number of carbonyl (C=O) groups excluding carboxylic acids is 1. The van der Waals surface area contributed by atoms with E-state index in [-0.39, 0.29) is 17.7 Å². The highest BCUT2D eigenvalue weighted by molar-refractivity contribution is 9.10. The third kappa shape index (κ3) is 6.35. The Bertz CT molecular complexity index is 2140. The van der Waals surface area contributed by atoms with E-state index in [4.69, 9.17) is 18.9 Å². The summed E-state index contributed by atoms with van der Waals surface area (Å²) in [5.41, 5.74) is 2.46. The molecule has 2 aromatic carbocycles. The number of fused-ring (bicyclic) bond motifs is 1. The van der Waals surface area contributed by atoms with Gasteiger partial charge in [0.2, 0.25) is 0 Å². The lowest BCUT2D eigenvalue weighted by atomic mass is 9.92. The number of halogens is 2. The van der Waals surface area contributed by atoms with E-state index in [9.17, 15) is 9.59 Å². The molecule has 0 fully saturated rings. The Morgan fingerprint density at radius 2 is 1.96 bits per heavy atom. The molecule has 0 saturated carbocycles. The van der Waals surface area contributed by atoms with E-state index in [1.165, 1.54) is 27.7 Å². The second kappa shape index (κ2) is 13.3. The lowest BCUT2D eigenvalue weighted by Crippen LogP contribution is -2.40. The normalized spacial score (nSPS) is 14.7. The molecule has 0 bridgehead atoms. The molecular formula is C32H24Br2N4O5S2. The number of esters is 1. The van der Waals surface area contributed by atoms with Gasteiger partial charge in [0.1, 0.15) is 17.6 Å². The van der Waals surface area contributed by atoms with Crippen LogP contribution in [0.3, 0.4) is 0 Å². The Morgan fingerprint density at radius 1 is 1.16 bits per heavy atom. The van der Waals surface area contributed by atoms with Gasteiger partial charge in [-0.1, -0.05) is 57.6 Å². The van der Waals surface area contributed by atoms with Crippen LogP contribution in [0.15, 0.2) is 106 Å². The molecule has 228 valence electrons. The van der Waals surface area contributed by atoms with Gasteiger partial charge in [-0.05, 0) is 71.9 Å². The van der Waals surface area contributed by atoms with Gasteiger partial charge < -0.3 is 13.9 Å². The molecule has 6 rings (SSSR count). The average Bonchev–Trinajstić information content (AvgIpc) is 3.53. The Balaban J connectivity index is 1.56. The average molecular weight is 769 g/mol. The molecule has 0 unspecified atom stereocenters. The summed E-state index contributed by atoms with van der Waals surface area (Å²) in [7, 11) is 1.55. The first-order chi connectivity index (χ1) is 21.8. The van der Waals surface area contributed by atoms with Gasteiger partial charge in [-0.15, -0.1) is 0 Å². The van der Waals surface area contributed by atoms with Gasteiger partial charge in [-0.2, -0.15) is 0 Å². The van der Waals surface area contributed by atoms with E-state index in [0.29, 0.717) is 52.4 Å². The summed E-state index contributed by atoms with van der Waals surface area (Å²) in [4.78, 5) is 42.0. The number of aryl methyl sites for hydroxylation is 1. The van der Waals surface area contributed by atoms with Gasteiger partial charge >= 0.3 is 5.97 Å². The van der Waals surface area contributed by atoms with Gasteiger partial charge in [0.25, 0.3) is 5.56 Å². The van der Waals surface area contributed by atoms with Crippen LogP contribution in [0, 0.1) is 6.92 Å². The second-order valence-corrected chi connectivity index (χ2v) is 13.4. The first-order valence-corrected chi connectivity index (χ1v) is 16.9. The minimum Gasteiger partial charge on any atom is -0.496 e. The van der Waals surface area contributed by atoms with E-state index >= 15 is 0 Å². The van der Waals surface area contributed by atoms with Crippen LogP contribution in [0.2, 0.25) is 0 Å². The first kappa shape index (κ1) is 31.2. The molecule has 0 aliphatic carbocycles. The Labute approximate surface area is 282 Å². The first-order valence-electron chi connectivity index (χ1n) is 13.7. The zero-order valence-corrected chi connectivity index (χ0v) is 28.9. The highest BCUT2D eigenvalue weighted by Crippen LogP contribution is 2.40. The van der Waals surface area contributed by atoms with Gasteiger partial charge in [0.05, 0.1) is 34.0 Å². The molecule has 1 aliphatic heterocycles. The van der Waals surface area contributed by atoms with E-state index in [1.54, 1.807) is 38.4 Å². The number of hydrogen-bond donors (Lipinski definition) is 0.